The van der Waals surface area contributed by atoms with Gasteiger partial charge in [-0.2, -0.15) is 0 Å². The molecule has 1 saturated heterocycles. The zero-order chi connectivity index (χ0) is 7.40. The molecule has 0 amide bonds. The number of rotatable bonds is 0. The third kappa shape index (κ3) is 2.56. The molecule has 0 N–H and O–H groups in total. The van der Waals surface area contributed by atoms with Gasteiger partial charge in [-0.1, -0.05) is 0 Å². The Morgan fingerprint density at radius 1 is 1.50 bits per heavy atom. The zero-order valence-electron chi connectivity index (χ0n) is 5.58. The van der Waals surface area contributed by atoms with Crippen molar-refractivity contribution in [3.8, 4) is 0 Å². The first kappa shape index (κ1) is 9.09. The third-order valence-corrected chi connectivity index (χ3v) is 5.75. The number of hydrogen-bond donors (Lipinski definition) is 0. The summed E-state index contributed by atoms with van der Waals surface area (Å²) in [7, 11) is 1.76. The molecule has 0 atom stereocenters. The summed E-state index contributed by atoms with van der Waals surface area (Å²) in [4.78, 5) is 2.22. The third-order valence-electron chi connectivity index (χ3n) is 1.37. The molecule has 1 rings (SSSR count). The molecule has 2 nitrogen and oxygen atoms in total. The average molecular weight is 282 g/mol. The Bertz CT molecular complexity index is 127. The molecule has 10 heavy (non-hydrogen) atoms. The first-order chi connectivity index (χ1) is 4.84. The summed E-state index contributed by atoms with van der Waals surface area (Å²) < 4.78 is 6.24. The number of nitrogens with zero attached hydrogens (tertiary/aromatic N) is 1. The molecule has 0 unspecified atom stereocenters. The topological polar surface area (TPSA) is 12.5 Å². The molecular weight excluding hydrogens is 273 g/mol. The standard InChI is InChI=1S/C5H9NOS2.Sn.H/c8-5(9)6-1-3-7-4-2-6;;/h1-4H2,(H,8,9);;/q;+1;/p-1. The molecule has 0 saturated carbocycles. The predicted molar refractivity (Wildman–Crippen MR) is 49.7 cm³/mol. The minimum absolute atomic E-state index is 0.835. The van der Waals surface area contributed by atoms with Crippen LogP contribution in [0.2, 0.25) is 0 Å². The fraction of sp³-hybridized carbons (Fsp3) is 0.800. The van der Waals surface area contributed by atoms with Crippen LogP contribution in [0.5, 0.6) is 0 Å². The van der Waals surface area contributed by atoms with E-state index in [1.54, 1.807) is 8.95 Å². The van der Waals surface area contributed by atoms with E-state index >= 15 is 0 Å². The predicted octanol–water partition coefficient (Wildman–Crippen LogP) is 0.153. The monoisotopic (exact) mass is 283 g/mol. The Morgan fingerprint density at radius 2 is 2.10 bits per heavy atom. The SMILES string of the molecule is S=C([S][SnH])N1CCOCC1. The molecule has 0 aliphatic carbocycles. The minimum atomic E-state index is 0.835. The number of morpholine rings is 1. The summed E-state index contributed by atoms with van der Waals surface area (Å²) in [5.74, 6) is 0. The summed E-state index contributed by atoms with van der Waals surface area (Å²) >= 11 is 6.30. The normalized spacial score (nSPS) is 19.1. The second kappa shape index (κ2) is 4.79. The quantitative estimate of drug-likeness (QED) is 0.463. The van der Waals surface area contributed by atoms with Crippen LogP contribution in [0.15, 0.2) is 0 Å². The number of ether oxygens (including phenoxy) is 1. The van der Waals surface area contributed by atoms with Crippen LogP contribution in [0, 0.1) is 0 Å². The molecule has 1 aliphatic heterocycles. The summed E-state index contributed by atoms with van der Waals surface area (Å²) in [6.07, 6.45) is 0. The van der Waals surface area contributed by atoms with Gasteiger partial charge >= 0.3 is 82.6 Å². The van der Waals surface area contributed by atoms with Gasteiger partial charge in [0.1, 0.15) is 0 Å². The van der Waals surface area contributed by atoms with Gasteiger partial charge in [-0.25, -0.2) is 0 Å². The van der Waals surface area contributed by atoms with Crippen LogP contribution in [0.1, 0.15) is 0 Å². The van der Waals surface area contributed by atoms with Gasteiger partial charge < -0.3 is 0 Å². The van der Waals surface area contributed by atoms with Gasteiger partial charge in [0.15, 0.2) is 0 Å². The van der Waals surface area contributed by atoms with Crippen molar-refractivity contribution in [1.29, 1.82) is 0 Å². The molecule has 0 aromatic heterocycles. The van der Waals surface area contributed by atoms with Crippen LogP contribution in [0.25, 0.3) is 0 Å². The van der Waals surface area contributed by atoms with Crippen LogP contribution in [-0.4, -0.2) is 56.7 Å². The van der Waals surface area contributed by atoms with E-state index in [9.17, 15) is 0 Å². The molecule has 2 radical (unpaired) electrons. The van der Waals surface area contributed by atoms with E-state index in [2.05, 4.69) is 4.90 Å². The summed E-state index contributed by atoms with van der Waals surface area (Å²) in [6.45, 7) is 3.63. The van der Waals surface area contributed by atoms with Crippen molar-refractivity contribution in [3.05, 3.63) is 0 Å². The van der Waals surface area contributed by atoms with Gasteiger partial charge in [-0.05, 0) is 0 Å². The first-order valence-corrected chi connectivity index (χ1v) is 8.40. The molecule has 5 heteroatoms. The Kier molecular flexibility index (Phi) is 4.36. The van der Waals surface area contributed by atoms with E-state index in [0.29, 0.717) is 0 Å². The van der Waals surface area contributed by atoms with Crippen molar-refractivity contribution in [2.45, 2.75) is 0 Å². The van der Waals surface area contributed by atoms with Gasteiger partial charge in [0.25, 0.3) is 0 Å². The van der Waals surface area contributed by atoms with Crippen LogP contribution in [0.4, 0.5) is 0 Å². The number of thiocarbonyl (C=S) groups is 1. The Hall–Kier alpha value is 0.999. The molecular formula is C5H9NOS2Sn. The van der Waals surface area contributed by atoms with E-state index in [0.717, 1.165) is 51.8 Å². The molecule has 0 aromatic carbocycles. The van der Waals surface area contributed by atoms with Crippen LogP contribution >= 0.6 is 21.2 Å². The van der Waals surface area contributed by atoms with Crippen LogP contribution < -0.4 is 0 Å². The second-order valence-electron chi connectivity index (χ2n) is 1.98. The van der Waals surface area contributed by atoms with Crippen molar-refractivity contribution >= 4 is 46.6 Å². The van der Waals surface area contributed by atoms with Crippen LogP contribution in [-0.2, 0) is 4.74 Å². The van der Waals surface area contributed by atoms with Gasteiger partial charge in [-0.3, -0.25) is 0 Å². The second-order valence-corrected chi connectivity index (χ2v) is 5.27. The van der Waals surface area contributed by atoms with Gasteiger partial charge in [0, 0.05) is 0 Å². The molecule has 0 spiro atoms. The van der Waals surface area contributed by atoms with E-state index in [4.69, 9.17) is 17.0 Å². The summed E-state index contributed by atoms with van der Waals surface area (Å²) in [6, 6.07) is 0. The van der Waals surface area contributed by atoms with Gasteiger partial charge in [0.05, 0.1) is 0 Å². The van der Waals surface area contributed by atoms with Crippen molar-refractivity contribution in [3.63, 3.8) is 0 Å². The Morgan fingerprint density at radius 3 is 2.60 bits per heavy atom. The van der Waals surface area contributed by atoms with Crippen molar-refractivity contribution in [2.24, 2.45) is 0 Å². The molecule has 0 bridgehead atoms. The molecule has 56 valence electrons. The Labute approximate surface area is 82.2 Å². The van der Waals surface area contributed by atoms with E-state index < -0.39 is 0 Å². The maximum absolute atomic E-state index is 5.19. The summed E-state index contributed by atoms with van der Waals surface area (Å²) in [5.41, 5.74) is 0. The van der Waals surface area contributed by atoms with Crippen molar-refractivity contribution < 1.29 is 4.74 Å². The van der Waals surface area contributed by atoms with Crippen LogP contribution in [0.3, 0.4) is 0 Å². The molecule has 1 heterocycles. The van der Waals surface area contributed by atoms with E-state index in [-0.39, 0.29) is 0 Å². The van der Waals surface area contributed by atoms with Crippen molar-refractivity contribution in [1.82, 2.24) is 4.90 Å². The van der Waals surface area contributed by atoms with Crippen molar-refractivity contribution in [2.75, 3.05) is 26.3 Å². The molecule has 1 aliphatic rings. The van der Waals surface area contributed by atoms with Gasteiger partial charge in [0.2, 0.25) is 0 Å². The first-order valence-electron chi connectivity index (χ1n) is 3.08. The fourth-order valence-electron chi connectivity index (χ4n) is 0.820. The zero-order valence-corrected chi connectivity index (χ0v) is 10.5. The molecule has 1 fully saturated rings. The van der Waals surface area contributed by atoms with E-state index in [1.165, 1.54) is 0 Å². The average Bonchev–Trinajstić information content (AvgIpc) is 2.05. The maximum atomic E-state index is 5.19. The van der Waals surface area contributed by atoms with Gasteiger partial charge in [-0.15, -0.1) is 0 Å². The Balaban J connectivity index is 2.31. The fourth-order valence-corrected chi connectivity index (χ4v) is 2.61. The van der Waals surface area contributed by atoms with E-state index in [1.807, 2.05) is 0 Å². The molecule has 0 aromatic rings. The summed E-state index contributed by atoms with van der Waals surface area (Å²) in [5, 5.41) is 0. The number of hydrogen-bond acceptors (Lipinski definition) is 3.